The van der Waals surface area contributed by atoms with Crippen LogP contribution in [0.1, 0.15) is 46.9 Å². The Kier molecular flexibility index (Phi) is 6.90. The number of aryl methyl sites for hydroxylation is 1. The van der Waals surface area contributed by atoms with Crippen molar-refractivity contribution in [1.29, 1.82) is 0 Å². The molecular formula is C28H28N2O2S. The van der Waals surface area contributed by atoms with E-state index in [9.17, 15) is 4.79 Å². The summed E-state index contributed by atoms with van der Waals surface area (Å²) >= 11 is 5.61. The molecule has 168 valence electrons. The van der Waals surface area contributed by atoms with E-state index in [1.54, 1.807) is 0 Å². The zero-order valence-electron chi connectivity index (χ0n) is 19.2. The number of benzene rings is 3. The number of nitrogens with zero attached hydrogens (tertiary/aromatic N) is 1. The summed E-state index contributed by atoms with van der Waals surface area (Å²) in [7, 11) is 0. The second kappa shape index (κ2) is 10.0. The van der Waals surface area contributed by atoms with Crippen LogP contribution in [0.25, 0.3) is 0 Å². The Morgan fingerprint density at radius 1 is 0.970 bits per heavy atom. The second-order valence-electron chi connectivity index (χ2n) is 8.11. The highest BCUT2D eigenvalue weighted by molar-refractivity contribution is 7.80. The summed E-state index contributed by atoms with van der Waals surface area (Å²) in [5, 5.41) is 4.02. The van der Waals surface area contributed by atoms with Crippen molar-refractivity contribution in [2.45, 2.75) is 33.4 Å². The quantitative estimate of drug-likeness (QED) is 0.350. The van der Waals surface area contributed by atoms with Gasteiger partial charge in [-0.15, -0.1) is 0 Å². The first kappa shape index (κ1) is 22.7. The number of hydrogen-bond donors (Lipinski definition) is 1. The lowest BCUT2D eigenvalue weighted by Gasteiger charge is -2.37. The zero-order chi connectivity index (χ0) is 23.4. The van der Waals surface area contributed by atoms with Crippen LogP contribution in [0.5, 0.6) is 5.75 Å². The molecule has 33 heavy (non-hydrogen) atoms. The lowest BCUT2D eigenvalue weighted by Crippen LogP contribution is -2.47. The molecule has 0 saturated heterocycles. The van der Waals surface area contributed by atoms with Gasteiger partial charge in [-0.25, -0.2) is 0 Å². The molecule has 0 radical (unpaired) electrons. The minimum absolute atomic E-state index is 0.00595. The zero-order valence-corrected chi connectivity index (χ0v) is 20.0. The predicted molar refractivity (Wildman–Crippen MR) is 136 cm³/mol. The Morgan fingerprint density at radius 2 is 1.64 bits per heavy atom. The average molecular weight is 457 g/mol. The van der Waals surface area contributed by atoms with E-state index in [-0.39, 0.29) is 11.8 Å². The van der Waals surface area contributed by atoms with Crippen molar-refractivity contribution < 1.29 is 9.53 Å². The lowest BCUT2D eigenvalue weighted by atomic mass is 9.89. The number of ether oxygens (including phenoxy) is 1. The number of carbonyl (C=O) groups is 1. The van der Waals surface area contributed by atoms with Gasteiger partial charge in [-0.2, -0.15) is 0 Å². The Morgan fingerprint density at radius 3 is 2.30 bits per heavy atom. The molecule has 1 aliphatic rings. The van der Waals surface area contributed by atoms with Crippen molar-refractivity contribution in [1.82, 2.24) is 10.2 Å². The first-order valence-electron chi connectivity index (χ1n) is 11.2. The third-order valence-electron chi connectivity index (χ3n) is 6.06. The molecule has 1 aliphatic heterocycles. The third kappa shape index (κ3) is 4.83. The third-order valence-corrected chi connectivity index (χ3v) is 6.40. The minimum Gasteiger partial charge on any atom is -0.489 e. The molecule has 1 heterocycles. The number of allylic oxidation sites excluding steroid dienone is 1. The molecule has 0 aromatic heterocycles. The van der Waals surface area contributed by atoms with Gasteiger partial charge in [0.25, 0.3) is 0 Å². The van der Waals surface area contributed by atoms with Crippen LogP contribution in [0.15, 0.2) is 90.1 Å². The maximum Gasteiger partial charge on any atom is 0.193 e. The average Bonchev–Trinajstić information content (AvgIpc) is 2.84. The van der Waals surface area contributed by atoms with Crippen LogP contribution in [0, 0.1) is 6.92 Å². The largest absolute Gasteiger partial charge is 0.489 e. The highest BCUT2D eigenvalue weighted by atomic mass is 32.1. The summed E-state index contributed by atoms with van der Waals surface area (Å²) in [6.45, 7) is 7.29. The topological polar surface area (TPSA) is 41.6 Å². The van der Waals surface area contributed by atoms with E-state index < -0.39 is 0 Å². The number of carbonyl (C=O) groups excluding carboxylic acids is 1. The van der Waals surface area contributed by atoms with Gasteiger partial charge >= 0.3 is 0 Å². The van der Waals surface area contributed by atoms with E-state index in [4.69, 9.17) is 17.0 Å². The molecule has 3 aromatic rings. The van der Waals surface area contributed by atoms with Gasteiger partial charge in [-0.3, -0.25) is 4.79 Å². The van der Waals surface area contributed by atoms with Crippen LogP contribution >= 0.6 is 12.2 Å². The van der Waals surface area contributed by atoms with Crippen molar-refractivity contribution in [2.24, 2.45) is 0 Å². The number of ketones is 1. The molecule has 4 rings (SSSR count). The molecule has 3 aromatic carbocycles. The molecule has 1 N–H and O–H groups in total. The molecule has 5 heteroatoms. The van der Waals surface area contributed by atoms with Crippen molar-refractivity contribution >= 4 is 23.1 Å². The fourth-order valence-electron chi connectivity index (χ4n) is 4.14. The van der Waals surface area contributed by atoms with E-state index >= 15 is 0 Å². The van der Waals surface area contributed by atoms with Crippen LogP contribution in [0.2, 0.25) is 0 Å². The van der Waals surface area contributed by atoms with Gasteiger partial charge in [0.15, 0.2) is 10.9 Å². The summed E-state index contributed by atoms with van der Waals surface area (Å²) in [5.74, 6) is 0.790. The summed E-state index contributed by atoms with van der Waals surface area (Å²) in [4.78, 5) is 15.5. The number of Topliss-reactive ketones (excluding diaryl/α,β-unsaturated/α-hetero) is 1. The molecule has 0 aliphatic carbocycles. The van der Waals surface area contributed by atoms with Crippen LogP contribution in [-0.4, -0.2) is 22.3 Å². The molecule has 0 bridgehead atoms. The monoisotopic (exact) mass is 456 g/mol. The predicted octanol–water partition coefficient (Wildman–Crippen LogP) is 5.98. The van der Waals surface area contributed by atoms with E-state index in [0.29, 0.717) is 29.4 Å². The lowest BCUT2D eigenvalue weighted by molar-refractivity contribution is 0.102. The highest BCUT2D eigenvalue weighted by Crippen LogP contribution is 2.33. The maximum absolute atomic E-state index is 13.5. The fourth-order valence-corrected chi connectivity index (χ4v) is 4.52. The fraction of sp³-hybridized carbons (Fsp3) is 0.214. The van der Waals surface area contributed by atoms with Gasteiger partial charge in [0.05, 0.1) is 6.04 Å². The SMILES string of the molecule is CCN1C(=S)NC(c2ccc(OCc3ccccc3C)cc2)C(C(=O)c2ccccc2)=C1C. The van der Waals surface area contributed by atoms with E-state index in [1.807, 2.05) is 85.5 Å². The van der Waals surface area contributed by atoms with Crippen LogP contribution in [0.4, 0.5) is 0 Å². The first-order chi connectivity index (χ1) is 16.0. The van der Waals surface area contributed by atoms with Gasteiger partial charge in [0, 0.05) is 23.4 Å². The summed E-state index contributed by atoms with van der Waals surface area (Å²) in [5.41, 5.74) is 5.61. The summed E-state index contributed by atoms with van der Waals surface area (Å²) in [6.07, 6.45) is 0. The highest BCUT2D eigenvalue weighted by Gasteiger charge is 2.33. The standard InChI is InChI=1S/C28H28N2O2S/c1-4-30-20(3)25(27(31)22-11-6-5-7-12-22)26(29-28(30)33)21-14-16-24(17-15-21)32-18-23-13-9-8-10-19(23)2/h5-17,26H,4,18H2,1-3H3,(H,29,33). The van der Waals surface area contributed by atoms with Crippen molar-refractivity contribution in [3.05, 3.63) is 112 Å². The molecular weight excluding hydrogens is 428 g/mol. The molecule has 4 nitrogen and oxygen atoms in total. The molecule has 1 unspecified atom stereocenters. The van der Waals surface area contributed by atoms with E-state index in [2.05, 4.69) is 24.4 Å². The summed E-state index contributed by atoms with van der Waals surface area (Å²) in [6, 6.07) is 25.2. The normalized spacial score (nSPS) is 15.9. The number of thiocarbonyl (C=S) groups is 1. The second-order valence-corrected chi connectivity index (χ2v) is 8.49. The smallest absolute Gasteiger partial charge is 0.193 e. The molecule has 0 spiro atoms. The Labute approximate surface area is 200 Å². The Bertz CT molecular complexity index is 1190. The molecule has 1 atom stereocenters. The molecule has 0 saturated carbocycles. The van der Waals surface area contributed by atoms with Crippen LogP contribution < -0.4 is 10.1 Å². The number of hydrogen-bond acceptors (Lipinski definition) is 3. The van der Waals surface area contributed by atoms with E-state index in [0.717, 1.165) is 22.6 Å². The van der Waals surface area contributed by atoms with Crippen LogP contribution in [0.3, 0.4) is 0 Å². The maximum atomic E-state index is 13.5. The number of rotatable bonds is 7. The van der Waals surface area contributed by atoms with Crippen LogP contribution in [-0.2, 0) is 6.61 Å². The first-order valence-corrected chi connectivity index (χ1v) is 11.6. The van der Waals surface area contributed by atoms with Gasteiger partial charge < -0.3 is 15.0 Å². The van der Waals surface area contributed by atoms with Gasteiger partial charge in [0.1, 0.15) is 12.4 Å². The molecule has 0 fully saturated rings. The van der Waals surface area contributed by atoms with Crippen molar-refractivity contribution in [2.75, 3.05) is 6.54 Å². The van der Waals surface area contributed by atoms with Crippen molar-refractivity contribution in [3.8, 4) is 5.75 Å². The molecule has 0 amide bonds. The number of nitrogens with one attached hydrogen (secondary N) is 1. The Hall–Kier alpha value is -3.44. The minimum atomic E-state index is -0.321. The van der Waals surface area contributed by atoms with Crippen molar-refractivity contribution in [3.63, 3.8) is 0 Å². The van der Waals surface area contributed by atoms with Gasteiger partial charge in [-0.05, 0) is 61.8 Å². The van der Waals surface area contributed by atoms with Gasteiger partial charge in [0.2, 0.25) is 0 Å². The Balaban J connectivity index is 1.61. The van der Waals surface area contributed by atoms with E-state index in [1.165, 1.54) is 5.56 Å². The van der Waals surface area contributed by atoms with Gasteiger partial charge in [-0.1, -0.05) is 66.7 Å². The summed E-state index contributed by atoms with van der Waals surface area (Å²) < 4.78 is 6.00.